The van der Waals surface area contributed by atoms with Gasteiger partial charge in [0.25, 0.3) is 0 Å². The first-order chi connectivity index (χ1) is 9.83. The number of carbonyl (C=O) groups is 1. The number of hydrogen-bond acceptors (Lipinski definition) is 3. The van der Waals surface area contributed by atoms with Crippen LogP contribution in [0.25, 0.3) is 0 Å². The van der Waals surface area contributed by atoms with Gasteiger partial charge in [-0.2, -0.15) is 0 Å². The lowest BCUT2D eigenvalue weighted by Crippen LogP contribution is -2.47. The van der Waals surface area contributed by atoms with E-state index in [-0.39, 0.29) is 24.4 Å². The third-order valence-corrected chi connectivity index (χ3v) is 5.33. The summed E-state index contributed by atoms with van der Waals surface area (Å²) in [6, 6.07) is 0.912. The molecule has 4 nitrogen and oxygen atoms in total. The Hall–Kier alpha value is -0.320. The highest BCUT2D eigenvalue weighted by molar-refractivity contribution is 5.85. The number of hydrogen-bond donors (Lipinski definition) is 2. The number of rotatable bonds is 4. The first-order valence-corrected chi connectivity index (χ1v) is 8.58. The lowest BCUT2D eigenvalue weighted by molar-refractivity contribution is -0.123. The molecule has 1 amide bonds. The van der Waals surface area contributed by atoms with E-state index in [2.05, 4.69) is 15.5 Å². The lowest BCUT2D eigenvalue weighted by atomic mass is 9.96. The van der Waals surface area contributed by atoms with Gasteiger partial charge in [0.1, 0.15) is 0 Å². The van der Waals surface area contributed by atoms with Gasteiger partial charge in [-0.1, -0.05) is 12.8 Å². The summed E-state index contributed by atoms with van der Waals surface area (Å²) in [7, 11) is 0. The van der Waals surface area contributed by atoms with E-state index in [0.717, 1.165) is 32.0 Å². The third kappa shape index (κ3) is 4.57. The first-order valence-electron chi connectivity index (χ1n) is 8.58. The number of carbonyl (C=O) groups excluding carboxylic acids is 1. The molecule has 0 spiro atoms. The van der Waals surface area contributed by atoms with E-state index < -0.39 is 0 Å². The summed E-state index contributed by atoms with van der Waals surface area (Å²) in [5.41, 5.74) is 0. The minimum absolute atomic E-state index is 0. The van der Waals surface area contributed by atoms with Crippen LogP contribution < -0.4 is 10.6 Å². The molecule has 2 heterocycles. The largest absolute Gasteiger partial charge is 0.354 e. The summed E-state index contributed by atoms with van der Waals surface area (Å²) in [5.74, 6) is 0.884. The van der Waals surface area contributed by atoms with Crippen LogP contribution in [0.15, 0.2) is 0 Å². The molecule has 3 aliphatic rings. The van der Waals surface area contributed by atoms with Crippen molar-refractivity contribution in [3.05, 3.63) is 0 Å². The molecule has 0 aromatic rings. The molecule has 0 radical (unpaired) electrons. The lowest BCUT2D eigenvalue weighted by Gasteiger charge is -2.37. The van der Waals surface area contributed by atoms with Crippen molar-refractivity contribution in [3.63, 3.8) is 0 Å². The number of piperidine rings is 1. The molecule has 1 aliphatic carbocycles. The van der Waals surface area contributed by atoms with Gasteiger partial charge in [0.05, 0.1) is 6.04 Å². The highest BCUT2D eigenvalue weighted by atomic mass is 35.5. The molecule has 1 saturated carbocycles. The molecule has 5 heteroatoms. The van der Waals surface area contributed by atoms with Crippen molar-refractivity contribution in [2.45, 2.75) is 63.5 Å². The Morgan fingerprint density at radius 1 is 1.10 bits per heavy atom. The van der Waals surface area contributed by atoms with Crippen molar-refractivity contribution < 1.29 is 4.79 Å². The fourth-order valence-corrected chi connectivity index (χ4v) is 4.14. The van der Waals surface area contributed by atoms with E-state index in [9.17, 15) is 4.79 Å². The van der Waals surface area contributed by atoms with Gasteiger partial charge >= 0.3 is 0 Å². The Morgan fingerprint density at radius 3 is 2.62 bits per heavy atom. The molecule has 21 heavy (non-hydrogen) atoms. The zero-order valence-corrected chi connectivity index (χ0v) is 13.8. The van der Waals surface area contributed by atoms with Crippen LogP contribution in [0, 0.1) is 5.92 Å². The zero-order chi connectivity index (χ0) is 13.8. The van der Waals surface area contributed by atoms with Crippen LogP contribution in [0.2, 0.25) is 0 Å². The third-order valence-electron chi connectivity index (χ3n) is 5.33. The maximum atomic E-state index is 12.0. The molecule has 2 unspecified atom stereocenters. The first kappa shape index (κ1) is 17.0. The second-order valence-electron chi connectivity index (χ2n) is 6.84. The van der Waals surface area contributed by atoms with E-state index in [4.69, 9.17) is 0 Å². The van der Waals surface area contributed by atoms with Crippen molar-refractivity contribution in [2.24, 2.45) is 5.92 Å². The Balaban J connectivity index is 0.00000161. The van der Waals surface area contributed by atoms with Gasteiger partial charge < -0.3 is 15.5 Å². The Morgan fingerprint density at radius 2 is 1.90 bits per heavy atom. The number of nitrogens with zero attached hydrogens (tertiary/aromatic N) is 1. The standard InChI is InChI=1S/C16H29N3O.ClH/c20-16(15-8-3-9-17-15)18-11-13-5-4-10-19(12-13)14-6-1-2-7-14;/h13-15,17H,1-12H2,(H,18,20);1H. The van der Waals surface area contributed by atoms with E-state index >= 15 is 0 Å². The molecular weight excluding hydrogens is 286 g/mol. The average molecular weight is 316 g/mol. The smallest absolute Gasteiger partial charge is 0.237 e. The predicted molar refractivity (Wildman–Crippen MR) is 87.8 cm³/mol. The number of likely N-dealkylation sites (tertiary alicyclic amines) is 1. The van der Waals surface area contributed by atoms with Crippen LogP contribution in [-0.4, -0.2) is 49.1 Å². The highest BCUT2D eigenvalue weighted by Gasteiger charge is 2.28. The van der Waals surface area contributed by atoms with Crippen LogP contribution in [0.4, 0.5) is 0 Å². The zero-order valence-electron chi connectivity index (χ0n) is 13.0. The van der Waals surface area contributed by atoms with Crippen LogP contribution in [0.5, 0.6) is 0 Å². The fourth-order valence-electron chi connectivity index (χ4n) is 4.14. The predicted octanol–water partition coefficient (Wildman–Crippen LogP) is 1.93. The van der Waals surface area contributed by atoms with Crippen molar-refractivity contribution in [2.75, 3.05) is 26.2 Å². The van der Waals surface area contributed by atoms with Gasteiger partial charge in [0.15, 0.2) is 0 Å². The van der Waals surface area contributed by atoms with Gasteiger partial charge in [0, 0.05) is 19.1 Å². The van der Waals surface area contributed by atoms with Gasteiger partial charge in [-0.25, -0.2) is 0 Å². The monoisotopic (exact) mass is 315 g/mol. The summed E-state index contributed by atoms with van der Waals surface area (Å²) in [6.45, 7) is 4.35. The van der Waals surface area contributed by atoms with Crippen LogP contribution in [-0.2, 0) is 4.79 Å². The maximum absolute atomic E-state index is 12.0. The quantitative estimate of drug-likeness (QED) is 0.833. The van der Waals surface area contributed by atoms with Crippen LogP contribution in [0.1, 0.15) is 51.4 Å². The second kappa shape index (κ2) is 8.35. The summed E-state index contributed by atoms with van der Waals surface area (Å²) < 4.78 is 0. The topological polar surface area (TPSA) is 44.4 Å². The summed E-state index contributed by atoms with van der Waals surface area (Å²) in [6.07, 6.45) is 10.3. The SMILES string of the molecule is Cl.O=C(NCC1CCCN(C2CCCC2)C1)C1CCCN1. The molecule has 3 rings (SSSR count). The molecule has 2 saturated heterocycles. The van der Waals surface area contributed by atoms with E-state index in [1.807, 2.05) is 0 Å². The van der Waals surface area contributed by atoms with Gasteiger partial charge in [-0.15, -0.1) is 12.4 Å². The minimum Gasteiger partial charge on any atom is -0.354 e. The summed E-state index contributed by atoms with van der Waals surface area (Å²) >= 11 is 0. The summed E-state index contributed by atoms with van der Waals surface area (Å²) in [4.78, 5) is 14.7. The second-order valence-corrected chi connectivity index (χ2v) is 6.84. The van der Waals surface area contributed by atoms with Gasteiger partial charge in [-0.3, -0.25) is 4.79 Å². The van der Waals surface area contributed by atoms with Crippen molar-refractivity contribution in [1.29, 1.82) is 0 Å². The van der Waals surface area contributed by atoms with Crippen molar-refractivity contribution in [3.8, 4) is 0 Å². The number of nitrogens with one attached hydrogen (secondary N) is 2. The maximum Gasteiger partial charge on any atom is 0.237 e. The molecule has 0 aromatic heterocycles. The normalized spacial score (nSPS) is 31.0. The van der Waals surface area contributed by atoms with E-state index in [1.165, 1.54) is 51.6 Å². The molecule has 0 bridgehead atoms. The molecule has 122 valence electrons. The molecule has 0 aromatic carbocycles. The van der Waals surface area contributed by atoms with Crippen molar-refractivity contribution in [1.82, 2.24) is 15.5 Å². The van der Waals surface area contributed by atoms with E-state index in [0.29, 0.717) is 5.92 Å². The molecular formula is C16H30ClN3O. The fraction of sp³-hybridized carbons (Fsp3) is 0.938. The molecule has 2 atom stereocenters. The van der Waals surface area contributed by atoms with Crippen LogP contribution in [0.3, 0.4) is 0 Å². The highest BCUT2D eigenvalue weighted by Crippen LogP contribution is 2.27. The molecule has 2 N–H and O–H groups in total. The van der Waals surface area contributed by atoms with Gasteiger partial charge in [0.2, 0.25) is 5.91 Å². The number of halogens is 1. The molecule has 3 fully saturated rings. The Bertz CT molecular complexity index is 327. The van der Waals surface area contributed by atoms with E-state index in [1.54, 1.807) is 0 Å². The van der Waals surface area contributed by atoms with Crippen LogP contribution >= 0.6 is 12.4 Å². The Labute approximate surface area is 134 Å². The molecule has 2 aliphatic heterocycles. The minimum atomic E-state index is 0. The Kier molecular flexibility index (Phi) is 6.77. The van der Waals surface area contributed by atoms with Crippen molar-refractivity contribution >= 4 is 18.3 Å². The number of amides is 1. The van der Waals surface area contributed by atoms with Gasteiger partial charge in [-0.05, 0) is 57.5 Å². The average Bonchev–Trinajstić information content (AvgIpc) is 3.17. The summed E-state index contributed by atoms with van der Waals surface area (Å²) in [5, 5.41) is 6.45.